The number of hydrogen-bond acceptors (Lipinski definition) is 1. The monoisotopic (exact) mass is 222 g/mol. The number of imidazole rings is 1. The predicted octanol–water partition coefficient (Wildman–Crippen LogP) is 3.58. The Morgan fingerprint density at radius 1 is 1.60 bits per heavy atom. The van der Waals surface area contributed by atoms with Gasteiger partial charge in [0.1, 0.15) is 5.82 Å². The third-order valence-electron chi connectivity index (χ3n) is 2.43. The lowest BCUT2D eigenvalue weighted by Gasteiger charge is -2.08. The molecular weight excluding hydrogens is 211 g/mol. The first-order valence-corrected chi connectivity index (χ1v) is 5.06. The van der Waals surface area contributed by atoms with Gasteiger partial charge in [-0.2, -0.15) is 0 Å². The minimum absolute atomic E-state index is 0.0942. The van der Waals surface area contributed by atoms with Gasteiger partial charge >= 0.3 is 0 Å². The fourth-order valence-electron chi connectivity index (χ4n) is 1.61. The highest BCUT2D eigenvalue weighted by molar-refractivity contribution is 7.71. The van der Waals surface area contributed by atoms with Crippen molar-refractivity contribution < 1.29 is 4.39 Å². The summed E-state index contributed by atoms with van der Waals surface area (Å²) in [6.07, 6.45) is 1.80. The number of halogens is 1. The van der Waals surface area contributed by atoms with Crippen molar-refractivity contribution in [3.8, 4) is 0 Å². The third kappa shape index (κ3) is 1.61. The lowest BCUT2D eigenvalue weighted by atomic mass is 10.2. The molecule has 1 aromatic carbocycles. The van der Waals surface area contributed by atoms with Crippen LogP contribution in [-0.2, 0) is 0 Å². The molecule has 1 N–H and O–H groups in total. The molecule has 0 aliphatic heterocycles. The second kappa shape index (κ2) is 3.62. The molecule has 0 spiro atoms. The maximum atomic E-state index is 13.0. The average Bonchev–Trinajstić information content (AvgIpc) is 2.52. The standard InChI is InChI=1S/C11H11FN2S/c1-3-7(2)14-10-5-4-8(12)6-9(10)13-11(14)15/h3-7H,1H2,2H3,(H,13,15). The van der Waals surface area contributed by atoms with Gasteiger partial charge in [-0.05, 0) is 37.3 Å². The minimum atomic E-state index is -0.267. The van der Waals surface area contributed by atoms with Crippen LogP contribution < -0.4 is 0 Å². The van der Waals surface area contributed by atoms with Crippen LogP contribution in [0.1, 0.15) is 13.0 Å². The van der Waals surface area contributed by atoms with Gasteiger partial charge in [0, 0.05) is 0 Å². The highest BCUT2D eigenvalue weighted by Gasteiger charge is 2.08. The molecule has 0 aliphatic rings. The lowest BCUT2D eigenvalue weighted by Crippen LogP contribution is -2.01. The van der Waals surface area contributed by atoms with Crippen molar-refractivity contribution in [1.82, 2.24) is 9.55 Å². The number of rotatable bonds is 2. The summed E-state index contributed by atoms with van der Waals surface area (Å²) in [6, 6.07) is 4.68. The molecule has 1 atom stereocenters. The number of benzene rings is 1. The molecule has 78 valence electrons. The van der Waals surface area contributed by atoms with Gasteiger partial charge in [0.15, 0.2) is 4.77 Å². The van der Waals surface area contributed by atoms with E-state index in [0.717, 1.165) is 5.52 Å². The van der Waals surface area contributed by atoms with E-state index in [-0.39, 0.29) is 11.9 Å². The molecule has 4 heteroatoms. The van der Waals surface area contributed by atoms with Crippen molar-refractivity contribution in [3.05, 3.63) is 41.4 Å². The van der Waals surface area contributed by atoms with Crippen LogP contribution >= 0.6 is 12.2 Å². The summed E-state index contributed by atoms with van der Waals surface area (Å²) in [7, 11) is 0. The van der Waals surface area contributed by atoms with Crippen LogP contribution in [0.4, 0.5) is 4.39 Å². The molecule has 1 aromatic heterocycles. The molecule has 0 bridgehead atoms. The highest BCUT2D eigenvalue weighted by Crippen LogP contribution is 2.20. The molecule has 0 amide bonds. The third-order valence-corrected chi connectivity index (χ3v) is 2.73. The molecule has 2 aromatic rings. The van der Waals surface area contributed by atoms with E-state index in [9.17, 15) is 4.39 Å². The molecular formula is C11H11FN2S. The van der Waals surface area contributed by atoms with Crippen LogP contribution in [0.15, 0.2) is 30.9 Å². The SMILES string of the molecule is C=CC(C)n1c(=S)[nH]c2cc(F)ccc21. The molecule has 0 aliphatic carbocycles. The Balaban J connectivity index is 2.79. The summed E-state index contributed by atoms with van der Waals surface area (Å²) in [6.45, 7) is 5.71. The van der Waals surface area contributed by atoms with Crippen molar-refractivity contribution in [2.24, 2.45) is 0 Å². The maximum absolute atomic E-state index is 13.0. The van der Waals surface area contributed by atoms with E-state index in [1.807, 2.05) is 11.5 Å². The van der Waals surface area contributed by atoms with Gasteiger partial charge in [0.2, 0.25) is 0 Å². The highest BCUT2D eigenvalue weighted by atomic mass is 32.1. The molecule has 0 fully saturated rings. The summed E-state index contributed by atoms with van der Waals surface area (Å²) in [5.41, 5.74) is 1.61. The second-order valence-corrected chi connectivity index (χ2v) is 3.82. The van der Waals surface area contributed by atoms with E-state index >= 15 is 0 Å². The largest absolute Gasteiger partial charge is 0.330 e. The van der Waals surface area contributed by atoms with Gasteiger partial charge in [0.05, 0.1) is 17.1 Å². The minimum Gasteiger partial charge on any atom is -0.330 e. The lowest BCUT2D eigenvalue weighted by molar-refractivity contribution is 0.629. The maximum Gasteiger partial charge on any atom is 0.178 e. The Labute approximate surface area is 92.0 Å². The molecule has 2 rings (SSSR count). The summed E-state index contributed by atoms with van der Waals surface area (Å²) < 4.78 is 15.5. The molecule has 0 radical (unpaired) electrons. The molecule has 0 saturated heterocycles. The van der Waals surface area contributed by atoms with E-state index < -0.39 is 0 Å². The zero-order valence-electron chi connectivity index (χ0n) is 8.33. The van der Waals surface area contributed by atoms with Crippen molar-refractivity contribution in [3.63, 3.8) is 0 Å². The smallest absolute Gasteiger partial charge is 0.178 e. The topological polar surface area (TPSA) is 20.7 Å². The first-order valence-electron chi connectivity index (χ1n) is 4.66. The summed E-state index contributed by atoms with van der Waals surface area (Å²) in [5.74, 6) is -0.267. The molecule has 1 heterocycles. The van der Waals surface area contributed by atoms with E-state index in [0.29, 0.717) is 10.3 Å². The first-order chi connectivity index (χ1) is 7.13. The van der Waals surface area contributed by atoms with Crippen molar-refractivity contribution in [2.75, 3.05) is 0 Å². The van der Waals surface area contributed by atoms with Gasteiger partial charge in [-0.25, -0.2) is 4.39 Å². The summed E-state index contributed by atoms with van der Waals surface area (Å²) in [4.78, 5) is 2.97. The fourth-order valence-corrected chi connectivity index (χ4v) is 1.99. The number of allylic oxidation sites excluding steroid dienone is 1. The Morgan fingerprint density at radius 2 is 2.33 bits per heavy atom. The van der Waals surface area contributed by atoms with Gasteiger partial charge in [-0.3, -0.25) is 0 Å². The van der Waals surface area contributed by atoms with Crippen LogP contribution in [0, 0.1) is 10.6 Å². The number of hydrogen-bond donors (Lipinski definition) is 1. The fraction of sp³-hybridized carbons (Fsp3) is 0.182. The quantitative estimate of drug-likeness (QED) is 0.608. The van der Waals surface area contributed by atoms with Crippen molar-refractivity contribution in [2.45, 2.75) is 13.0 Å². The van der Waals surface area contributed by atoms with Crippen molar-refractivity contribution in [1.29, 1.82) is 0 Å². The Bertz CT molecular complexity index is 567. The van der Waals surface area contributed by atoms with E-state index in [1.165, 1.54) is 12.1 Å². The molecule has 2 nitrogen and oxygen atoms in total. The number of nitrogens with one attached hydrogen (secondary N) is 1. The van der Waals surface area contributed by atoms with Crippen LogP contribution in [0.5, 0.6) is 0 Å². The van der Waals surface area contributed by atoms with E-state index in [2.05, 4.69) is 11.6 Å². The summed E-state index contributed by atoms with van der Waals surface area (Å²) in [5, 5.41) is 0. The number of aromatic nitrogens is 2. The van der Waals surface area contributed by atoms with Gasteiger partial charge < -0.3 is 9.55 Å². The number of aromatic amines is 1. The molecule has 0 saturated carbocycles. The van der Waals surface area contributed by atoms with Crippen molar-refractivity contribution >= 4 is 23.3 Å². The van der Waals surface area contributed by atoms with E-state index in [4.69, 9.17) is 12.2 Å². The zero-order chi connectivity index (χ0) is 11.0. The summed E-state index contributed by atoms with van der Waals surface area (Å²) >= 11 is 5.18. The first kappa shape index (κ1) is 10.1. The zero-order valence-corrected chi connectivity index (χ0v) is 9.14. The van der Waals surface area contributed by atoms with Crippen LogP contribution in [0.3, 0.4) is 0 Å². The van der Waals surface area contributed by atoms with Crippen LogP contribution in [0.25, 0.3) is 11.0 Å². The predicted molar refractivity (Wildman–Crippen MR) is 62.0 cm³/mol. The Morgan fingerprint density at radius 3 is 3.00 bits per heavy atom. The van der Waals surface area contributed by atoms with Gasteiger partial charge in [0.25, 0.3) is 0 Å². The number of fused-ring (bicyclic) bond motifs is 1. The Hall–Kier alpha value is -1.42. The van der Waals surface area contributed by atoms with E-state index in [1.54, 1.807) is 12.1 Å². The van der Waals surface area contributed by atoms with Gasteiger partial charge in [-0.1, -0.05) is 6.08 Å². The molecule has 1 unspecified atom stereocenters. The normalized spacial score (nSPS) is 12.9. The number of nitrogens with zero attached hydrogens (tertiary/aromatic N) is 1. The van der Waals surface area contributed by atoms with Crippen LogP contribution in [0.2, 0.25) is 0 Å². The second-order valence-electron chi connectivity index (χ2n) is 3.44. The molecule has 15 heavy (non-hydrogen) atoms. The average molecular weight is 222 g/mol. The van der Waals surface area contributed by atoms with Crippen LogP contribution in [-0.4, -0.2) is 9.55 Å². The number of H-pyrrole nitrogens is 1. The Kier molecular flexibility index (Phi) is 2.44. The van der Waals surface area contributed by atoms with Gasteiger partial charge in [-0.15, -0.1) is 6.58 Å².